The molecular weight excluding hydrogens is 272 g/mol. The first-order valence-corrected chi connectivity index (χ1v) is 7.46. The van der Waals surface area contributed by atoms with Crippen LogP contribution in [0.25, 0.3) is 11.2 Å². The summed E-state index contributed by atoms with van der Waals surface area (Å²) in [5.41, 5.74) is 1.45. The van der Waals surface area contributed by atoms with Gasteiger partial charge in [0.25, 0.3) is 0 Å². The van der Waals surface area contributed by atoms with Crippen LogP contribution >= 0.6 is 23.4 Å². The summed E-state index contributed by atoms with van der Waals surface area (Å²) in [6, 6.07) is 0.276. The number of methoxy groups -OCH3 is 1. The predicted octanol–water partition coefficient (Wildman–Crippen LogP) is 2.50. The van der Waals surface area contributed by atoms with Gasteiger partial charge in [-0.1, -0.05) is 0 Å². The lowest BCUT2D eigenvalue weighted by atomic mass is 10.3. The lowest BCUT2D eigenvalue weighted by molar-refractivity contribution is 0.401. The molecule has 1 atom stereocenters. The molecule has 0 aliphatic carbocycles. The van der Waals surface area contributed by atoms with Crippen LogP contribution in [-0.2, 0) is 5.88 Å². The third-order valence-corrected chi connectivity index (χ3v) is 3.73. The highest BCUT2D eigenvalue weighted by Crippen LogP contribution is 2.26. The topological polar surface area (TPSA) is 52.8 Å². The SMILES string of the molecule is COc1ncnc2c1nc(CCl)n2C(C)CSC. The van der Waals surface area contributed by atoms with E-state index in [0.717, 1.165) is 17.2 Å². The van der Waals surface area contributed by atoms with Crippen LogP contribution in [0.2, 0.25) is 0 Å². The molecule has 18 heavy (non-hydrogen) atoms. The van der Waals surface area contributed by atoms with Gasteiger partial charge < -0.3 is 9.30 Å². The second kappa shape index (κ2) is 5.75. The van der Waals surface area contributed by atoms with Crippen LogP contribution in [0.1, 0.15) is 18.8 Å². The molecule has 2 aromatic rings. The zero-order chi connectivity index (χ0) is 13.1. The molecule has 2 rings (SSSR count). The van der Waals surface area contributed by atoms with Gasteiger partial charge >= 0.3 is 0 Å². The van der Waals surface area contributed by atoms with Gasteiger partial charge in [0.1, 0.15) is 12.2 Å². The Morgan fingerprint density at radius 1 is 1.50 bits per heavy atom. The molecule has 0 saturated heterocycles. The Hall–Kier alpha value is -1.01. The van der Waals surface area contributed by atoms with Crippen LogP contribution < -0.4 is 4.74 Å². The summed E-state index contributed by atoms with van der Waals surface area (Å²) in [6.07, 6.45) is 3.56. The maximum Gasteiger partial charge on any atom is 0.245 e. The van der Waals surface area contributed by atoms with Gasteiger partial charge in [-0.15, -0.1) is 11.6 Å². The van der Waals surface area contributed by atoms with E-state index in [1.807, 2.05) is 0 Å². The Morgan fingerprint density at radius 2 is 2.28 bits per heavy atom. The molecule has 0 fully saturated rings. The van der Waals surface area contributed by atoms with Crippen molar-refractivity contribution in [3.63, 3.8) is 0 Å². The molecule has 0 amide bonds. The Labute approximate surface area is 115 Å². The van der Waals surface area contributed by atoms with Crippen molar-refractivity contribution in [2.75, 3.05) is 19.1 Å². The highest BCUT2D eigenvalue weighted by atomic mass is 35.5. The summed E-state index contributed by atoms with van der Waals surface area (Å²) in [4.78, 5) is 12.8. The zero-order valence-electron chi connectivity index (χ0n) is 10.6. The minimum atomic E-state index is 0.276. The zero-order valence-corrected chi connectivity index (χ0v) is 12.1. The second-order valence-electron chi connectivity index (χ2n) is 3.89. The fraction of sp³-hybridized carbons (Fsp3) is 0.545. The Morgan fingerprint density at radius 3 is 2.89 bits per heavy atom. The molecule has 0 aromatic carbocycles. The first-order chi connectivity index (χ1) is 8.72. The molecular formula is C11H15ClN4OS. The summed E-state index contributed by atoms with van der Waals surface area (Å²) < 4.78 is 7.26. The lowest BCUT2D eigenvalue weighted by Gasteiger charge is -2.14. The number of hydrogen-bond acceptors (Lipinski definition) is 5. The van der Waals surface area contributed by atoms with Gasteiger partial charge in [0.2, 0.25) is 5.88 Å². The Balaban J connectivity index is 2.62. The number of ether oxygens (including phenoxy) is 1. The van der Waals surface area contributed by atoms with Gasteiger partial charge in [0.15, 0.2) is 11.2 Å². The average Bonchev–Trinajstić information content (AvgIpc) is 2.77. The third kappa shape index (κ3) is 2.27. The van der Waals surface area contributed by atoms with Crippen molar-refractivity contribution in [2.24, 2.45) is 0 Å². The largest absolute Gasteiger partial charge is 0.479 e. The van der Waals surface area contributed by atoms with Gasteiger partial charge in [-0.2, -0.15) is 16.7 Å². The molecule has 2 aromatic heterocycles. The van der Waals surface area contributed by atoms with Crippen molar-refractivity contribution in [2.45, 2.75) is 18.8 Å². The number of halogens is 1. The Kier molecular flexibility index (Phi) is 4.29. The van der Waals surface area contributed by atoms with Crippen LogP contribution in [0.3, 0.4) is 0 Å². The smallest absolute Gasteiger partial charge is 0.245 e. The van der Waals surface area contributed by atoms with E-state index in [2.05, 4.69) is 32.7 Å². The fourth-order valence-corrected chi connectivity index (χ4v) is 2.78. The second-order valence-corrected chi connectivity index (χ2v) is 5.07. The quantitative estimate of drug-likeness (QED) is 0.791. The summed E-state index contributed by atoms with van der Waals surface area (Å²) in [7, 11) is 1.58. The number of imidazole rings is 1. The average molecular weight is 287 g/mol. The highest BCUT2D eigenvalue weighted by Gasteiger charge is 2.19. The molecule has 0 spiro atoms. The molecule has 0 bridgehead atoms. The van der Waals surface area contributed by atoms with E-state index in [0.29, 0.717) is 17.3 Å². The van der Waals surface area contributed by atoms with Gasteiger partial charge in [0, 0.05) is 11.8 Å². The van der Waals surface area contributed by atoms with Crippen molar-refractivity contribution >= 4 is 34.5 Å². The van der Waals surface area contributed by atoms with E-state index in [-0.39, 0.29) is 6.04 Å². The molecule has 0 N–H and O–H groups in total. The van der Waals surface area contributed by atoms with Gasteiger partial charge in [0.05, 0.1) is 13.0 Å². The third-order valence-electron chi connectivity index (χ3n) is 2.68. The van der Waals surface area contributed by atoms with Crippen LogP contribution in [0.5, 0.6) is 5.88 Å². The van der Waals surface area contributed by atoms with Crippen molar-refractivity contribution < 1.29 is 4.74 Å². The van der Waals surface area contributed by atoms with E-state index < -0.39 is 0 Å². The van der Waals surface area contributed by atoms with Gasteiger partial charge in [-0.05, 0) is 13.2 Å². The van der Waals surface area contributed by atoms with Gasteiger partial charge in [-0.3, -0.25) is 0 Å². The fourth-order valence-electron chi connectivity index (χ4n) is 1.96. The Bertz CT molecular complexity index is 545. The minimum Gasteiger partial charge on any atom is -0.479 e. The summed E-state index contributed by atoms with van der Waals surface area (Å²) >= 11 is 7.74. The van der Waals surface area contributed by atoms with E-state index in [1.165, 1.54) is 6.33 Å². The molecule has 1 unspecified atom stereocenters. The maximum atomic E-state index is 5.96. The number of thioether (sulfide) groups is 1. The highest BCUT2D eigenvalue weighted by molar-refractivity contribution is 7.98. The molecule has 7 heteroatoms. The van der Waals surface area contributed by atoms with Crippen LogP contribution in [0.4, 0.5) is 0 Å². The van der Waals surface area contributed by atoms with E-state index in [1.54, 1.807) is 18.9 Å². The summed E-state index contributed by atoms with van der Waals surface area (Å²) in [5, 5.41) is 0. The van der Waals surface area contributed by atoms with Crippen molar-refractivity contribution in [1.29, 1.82) is 0 Å². The normalized spacial score (nSPS) is 12.9. The molecule has 98 valence electrons. The molecule has 0 aliphatic heterocycles. The van der Waals surface area contributed by atoms with E-state index in [4.69, 9.17) is 16.3 Å². The molecule has 2 heterocycles. The summed E-state index contributed by atoms with van der Waals surface area (Å²) in [5.74, 6) is 2.60. The lowest BCUT2D eigenvalue weighted by Crippen LogP contribution is -2.11. The van der Waals surface area contributed by atoms with Crippen molar-refractivity contribution in [3.05, 3.63) is 12.2 Å². The first kappa shape index (κ1) is 13.4. The molecule has 0 aliphatic rings. The molecule has 0 saturated carbocycles. The first-order valence-electron chi connectivity index (χ1n) is 5.53. The van der Waals surface area contributed by atoms with Crippen LogP contribution in [-0.4, -0.2) is 38.6 Å². The predicted molar refractivity (Wildman–Crippen MR) is 74.5 cm³/mol. The number of aromatic nitrogens is 4. The van der Waals surface area contributed by atoms with Crippen LogP contribution in [0, 0.1) is 0 Å². The number of rotatable bonds is 5. The van der Waals surface area contributed by atoms with Crippen molar-refractivity contribution in [3.8, 4) is 5.88 Å². The number of nitrogens with zero attached hydrogens (tertiary/aromatic N) is 4. The van der Waals surface area contributed by atoms with Gasteiger partial charge in [-0.25, -0.2) is 9.97 Å². The standard InChI is InChI=1S/C11H15ClN4OS/c1-7(5-18-3)16-8(4-12)15-9-10(16)13-6-14-11(9)17-2/h6-7H,4-5H2,1-3H3. The maximum absolute atomic E-state index is 5.96. The number of fused-ring (bicyclic) bond motifs is 1. The van der Waals surface area contributed by atoms with E-state index in [9.17, 15) is 0 Å². The number of hydrogen-bond donors (Lipinski definition) is 0. The van der Waals surface area contributed by atoms with Crippen LogP contribution in [0.15, 0.2) is 6.33 Å². The molecule has 5 nitrogen and oxygen atoms in total. The minimum absolute atomic E-state index is 0.276. The van der Waals surface area contributed by atoms with E-state index >= 15 is 0 Å². The summed E-state index contributed by atoms with van der Waals surface area (Å²) in [6.45, 7) is 2.13. The number of alkyl halides is 1. The van der Waals surface area contributed by atoms with Crippen molar-refractivity contribution in [1.82, 2.24) is 19.5 Å². The monoisotopic (exact) mass is 286 g/mol. The molecule has 0 radical (unpaired) electrons.